The number of carbonyl (C=O) groups is 4. The third kappa shape index (κ3) is 12.4. The highest BCUT2D eigenvalue weighted by Crippen LogP contribution is 2.37. The third-order valence-corrected chi connectivity index (χ3v) is 8.66. The lowest BCUT2D eigenvalue weighted by molar-refractivity contribution is -0.160. The van der Waals surface area contributed by atoms with Gasteiger partial charge in [0.05, 0.1) is 37.2 Å². The monoisotopic (exact) mass is 789 g/mol. The van der Waals surface area contributed by atoms with E-state index in [-0.39, 0.29) is 85.5 Å². The summed E-state index contributed by atoms with van der Waals surface area (Å²) < 4.78 is 22.1. The molecule has 17 nitrogen and oxygen atoms in total. The van der Waals surface area contributed by atoms with Crippen molar-refractivity contribution in [2.75, 3.05) is 45.1 Å². The minimum atomic E-state index is -1.05. The van der Waals surface area contributed by atoms with E-state index >= 15 is 0 Å². The number of thioether (sulfide) groups is 1. The summed E-state index contributed by atoms with van der Waals surface area (Å²) in [5.41, 5.74) is 18.9. The summed E-state index contributed by atoms with van der Waals surface area (Å²) in [5.74, 6) is -1.33. The molecule has 4 rings (SSSR count). The highest BCUT2D eigenvalue weighted by molar-refractivity contribution is 7.98. The van der Waals surface area contributed by atoms with Gasteiger partial charge in [0.25, 0.3) is 0 Å². The van der Waals surface area contributed by atoms with Crippen LogP contribution in [-0.2, 0) is 34.4 Å². The predicted molar refractivity (Wildman–Crippen MR) is 200 cm³/mol. The van der Waals surface area contributed by atoms with E-state index in [0.29, 0.717) is 27.9 Å². The van der Waals surface area contributed by atoms with Gasteiger partial charge < -0.3 is 46.5 Å². The maximum absolute atomic E-state index is 12.5. The zero-order chi connectivity index (χ0) is 39.7. The molecule has 1 unspecified atom stereocenters. The molecule has 2 aromatic carbocycles. The average molecular weight is 790 g/mol. The van der Waals surface area contributed by atoms with Crippen molar-refractivity contribution in [3.8, 4) is 40.5 Å². The number of nitrogens with two attached hydrogens (primary N) is 3. The highest BCUT2D eigenvalue weighted by atomic mass is 35.5. The zero-order valence-corrected chi connectivity index (χ0v) is 30.8. The number of benzene rings is 2. The number of hydrogen-bond acceptors (Lipinski definition) is 16. The Morgan fingerprint density at radius 1 is 0.855 bits per heavy atom. The van der Waals surface area contributed by atoms with Crippen molar-refractivity contribution >= 4 is 52.9 Å². The average Bonchev–Trinajstić information content (AvgIpc) is 3.67. The molecule has 0 bridgehead atoms. The van der Waals surface area contributed by atoms with Gasteiger partial charge in [0.1, 0.15) is 53.8 Å². The molecule has 2 amide bonds. The van der Waals surface area contributed by atoms with Gasteiger partial charge in [-0.25, -0.2) is 9.97 Å². The number of aromatic nitrogens is 2. The number of esters is 2. The summed E-state index contributed by atoms with van der Waals surface area (Å²) in [6.07, 6.45) is 0.110. The first-order valence-electron chi connectivity index (χ1n) is 16.5. The molecule has 4 aromatic rings. The second kappa shape index (κ2) is 20.9. The summed E-state index contributed by atoms with van der Waals surface area (Å²) >= 11 is 7.18. The fourth-order valence-corrected chi connectivity index (χ4v) is 5.71. The van der Waals surface area contributed by atoms with Gasteiger partial charge in [-0.15, -0.1) is 0 Å². The molecule has 55 heavy (non-hydrogen) atoms. The van der Waals surface area contributed by atoms with E-state index in [1.165, 1.54) is 18.0 Å². The molecule has 0 spiro atoms. The SMILES string of the molecule is N#Cc1c(N)nc(SCc2coc(-c3ccc(Cl)cc3)n2)c(C#N)c1-c1ccc(OCC(COC(=O)CCNC(=O)CN)OC(=O)CCNC(=O)CN)cc1. The van der Waals surface area contributed by atoms with E-state index in [1.54, 1.807) is 48.5 Å². The standard InChI is InChI=1S/C36H36ClN9O8S/c37-23-5-1-22(2-6-23)35-45-24(17-53-35)20-55-36-28(14-39)33(27(13-38)34(42)46-36)21-3-7-25(8-4-21)51-18-26(54-32(50)10-12-44-30(48)16-41)19-52-31(49)9-11-43-29(47)15-40/h1-8,17,26H,9-12,15-16,18-20,40-41H2,(H2,42,46)(H,43,47)(H,44,48). The number of nitriles is 2. The van der Waals surface area contributed by atoms with Crippen LogP contribution in [0.2, 0.25) is 5.02 Å². The van der Waals surface area contributed by atoms with Crippen LogP contribution in [-0.4, -0.2) is 79.2 Å². The number of rotatable bonds is 19. The van der Waals surface area contributed by atoms with E-state index < -0.39 is 29.9 Å². The molecule has 2 aromatic heterocycles. The van der Waals surface area contributed by atoms with Crippen LogP contribution in [0.4, 0.5) is 5.82 Å². The molecule has 0 radical (unpaired) electrons. The number of oxazole rings is 1. The number of pyridine rings is 1. The van der Waals surface area contributed by atoms with Crippen LogP contribution in [0.1, 0.15) is 29.7 Å². The molecule has 0 fully saturated rings. The molecule has 19 heteroatoms. The lowest BCUT2D eigenvalue weighted by atomic mass is 9.97. The van der Waals surface area contributed by atoms with Crippen molar-refractivity contribution in [3.05, 3.63) is 76.6 Å². The fourth-order valence-electron chi connectivity index (χ4n) is 4.71. The number of carbonyl (C=O) groups excluding carboxylic acids is 4. The highest BCUT2D eigenvalue weighted by Gasteiger charge is 2.22. The quantitative estimate of drug-likeness (QED) is 0.0673. The van der Waals surface area contributed by atoms with Crippen LogP contribution >= 0.6 is 23.4 Å². The molecule has 2 heterocycles. The van der Waals surface area contributed by atoms with Crippen molar-refractivity contribution in [1.29, 1.82) is 10.5 Å². The number of halogens is 1. The molecule has 0 aliphatic rings. The van der Waals surface area contributed by atoms with E-state index in [4.69, 9.17) is 47.4 Å². The summed E-state index contributed by atoms with van der Waals surface area (Å²) in [7, 11) is 0. The summed E-state index contributed by atoms with van der Waals surface area (Å²) in [4.78, 5) is 56.3. The van der Waals surface area contributed by atoms with E-state index in [9.17, 15) is 29.7 Å². The summed E-state index contributed by atoms with van der Waals surface area (Å²) in [5, 5.41) is 26.0. The largest absolute Gasteiger partial charge is 0.490 e. The number of hydrogen-bond donors (Lipinski definition) is 5. The normalized spacial score (nSPS) is 11.1. The Labute approximate surface area is 324 Å². The maximum atomic E-state index is 12.5. The molecular formula is C36H36ClN9O8S. The van der Waals surface area contributed by atoms with Gasteiger partial charge in [-0.05, 0) is 42.0 Å². The van der Waals surface area contributed by atoms with Gasteiger partial charge in [0.15, 0.2) is 6.10 Å². The lowest BCUT2D eigenvalue weighted by Crippen LogP contribution is -2.35. The zero-order valence-electron chi connectivity index (χ0n) is 29.2. The van der Waals surface area contributed by atoms with Crippen molar-refractivity contribution in [1.82, 2.24) is 20.6 Å². The van der Waals surface area contributed by atoms with Crippen molar-refractivity contribution in [2.24, 2.45) is 11.5 Å². The van der Waals surface area contributed by atoms with Gasteiger partial charge in [0, 0.05) is 35.0 Å². The number of amides is 2. The van der Waals surface area contributed by atoms with Gasteiger partial charge in [-0.1, -0.05) is 35.5 Å². The van der Waals surface area contributed by atoms with Gasteiger partial charge >= 0.3 is 11.9 Å². The van der Waals surface area contributed by atoms with Crippen molar-refractivity contribution < 1.29 is 37.8 Å². The van der Waals surface area contributed by atoms with Gasteiger partial charge in [-0.2, -0.15) is 10.5 Å². The Balaban J connectivity index is 1.46. The second-order valence-corrected chi connectivity index (χ2v) is 12.7. The van der Waals surface area contributed by atoms with Crippen LogP contribution < -0.4 is 32.6 Å². The first-order chi connectivity index (χ1) is 26.5. The van der Waals surface area contributed by atoms with Crippen LogP contribution in [0.25, 0.3) is 22.6 Å². The predicted octanol–water partition coefficient (Wildman–Crippen LogP) is 2.44. The number of nitrogens with one attached hydrogen (secondary N) is 2. The molecule has 0 saturated heterocycles. The molecule has 0 saturated carbocycles. The first-order valence-corrected chi connectivity index (χ1v) is 17.9. The van der Waals surface area contributed by atoms with Gasteiger partial charge in [0.2, 0.25) is 17.7 Å². The number of ether oxygens (including phenoxy) is 3. The Morgan fingerprint density at radius 2 is 1.47 bits per heavy atom. The third-order valence-electron chi connectivity index (χ3n) is 7.40. The Bertz CT molecular complexity index is 2070. The van der Waals surface area contributed by atoms with Crippen LogP contribution in [0.15, 0.2) is 64.2 Å². The van der Waals surface area contributed by atoms with E-state index in [2.05, 4.69) is 26.7 Å². The topological polar surface area (TPSA) is 285 Å². The van der Waals surface area contributed by atoms with Crippen LogP contribution in [0.5, 0.6) is 5.75 Å². The number of nitrogen functional groups attached to an aromatic ring is 1. The lowest BCUT2D eigenvalue weighted by Gasteiger charge is -2.19. The van der Waals surface area contributed by atoms with Gasteiger partial charge in [-0.3, -0.25) is 19.2 Å². The second-order valence-electron chi connectivity index (χ2n) is 11.3. The Hall–Kier alpha value is -6.18. The molecule has 1 atom stereocenters. The summed E-state index contributed by atoms with van der Waals surface area (Å²) in [6.45, 7) is -1.10. The molecular weight excluding hydrogens is 754 g/mol. The Morgan fingerprint density at radius 3 is 2.09 bits per heavy atom. The molecule has 0 aliphatic heterocycles. The summed E-state index contributed by atoms with van der Waals surface area (Å²) in [6, 6.07) is 17.6. The van der Waals surface area contributed by atoms with E-state index in [1.807, 2.05) is 6.07 Å². The first kappa shape index (κ1) is 41.6. The van der Waals surface area contributed by atoms with E-state index in [0.717, 1.165) is 5.56 Å². The van der Waals surface area contributed by atoms with Crippen LogP contribution in [0, 0.1) is 22.7 Å². The smallest absolute Gasteiger partial charge is 0.308 e. The number of nitrogens with zero attached hydrogens (tertiary/aromatic N) is 4. The van der Waals surface area contributed by atoms with Crippen molar-refractivity contribution in [3.63, 3.8) is 0 Å². The molecule has 8 N–H and O–H groups in total. The van der Waals surface area contributed by atoms with Crippen molar-refractivity contribution in [2.45, 2.75) is 29.7 Å². The Kier molecular flexibility index (Phi) is 15.8. The molecule has 286 valence electrons. The number of anilines is 1. The maximum Gasteiger partial charge on any atom is 0.308 e. The fraction of sp³-hybridized carbons (Fsp3) is 0.278. The minimum absolute atomic E-state index is 0.000907. The van der Waals surface area contributed by atoms with Crippen LogP contribution in [0.3, 0.4) is 0 Å². The molecule has 0 aliphatic carbocycles. The minimum Gasteiger partial charge on any atom is -0.490 e.